The SMILES string of the molecule is Brc1c2nc(c(-c3ccccc3)c3ccc([nH]3)c(-c3cc4[nH]c3c(-c3ccccc3)c3nc(c(-c5ccccc5)c5ccc([nH]5)c(-c5ccccc5)c5nc(c4-c4ccccc4)C=C5)C=C3)c3nc(c(-c4ccccc4)c4ccc1[nH]4)C=C3)C=C2. The summed E-state index contributed by atoms with van der Waals surface area (Å²) in [6.07, 6.45) is 17.1. The molecule has 0 spiro atoms. The summed E-state index contributed by atoms with van der Waals surface area (Å²) in [7, 11) is 0. The van der Waals surface area contributed by atoms with Crippen molar-refractivity contribution in [1.82, 2.24) is 39.9 Å². The Bertz CT molecular complexity index is 5110. The number of nitrogens with zero attached hydrogens (tertiary/aromatic N) is 4. The zero-order valence-electron chi connectivity index (χ0n) is 45.6. The summed E-state index contributed by atoms with van der Waals surface area (Å²) in [5, 5.41) is 0. The number of aromatic amines is 4. The lowest BCUT2D eigenvalue weighted by Crippen LogP contribution is -1.91. The molecule has 10 heterocycles. The van der Waals surface area contributed by atoms with Crippen LogP contribution in [0.1, 0.15) is 45.6 Å². The summed E-state index contributed by atoms with van der Waals surface area (Å²) in [5.74, 6) is 0. The molecule has 400 valence electrons. The molecule has 16 bridgehead atoms. The van der Waals surface area contributed by atoms with Gasteiger partial charge in [-0.3, -0.25) is 0 Å². The number of nitrogens with one attached hydrogen (secondary N) is 4. The Morgan fingerprint density at radius 3 is 0.824 bits per heavy atom. The number of rotatable bonds is 7. The minimum absolute atomic E-state index is 0.777. The normalized spacial score (nSPS) is 12.3. The number of aromatic nitrogens is 8. The molecule has 6 aromatic carbocycles. The maximum absolute atomic E-state index is 5.76. The highest BCUT2D eigenvalue weighted by Crippen LogP contribution is 2.45. The van der Waals surface area contributed by atoms with E-state index in [1.165, 1.54) is 0 Å². The Balaban J connectivity index is 1.13. The Morgan fingerprint density at radius 1 is 0.224 bits per heavy atom. The maximum Gasteiger partial charge on any atom is 0.0801 e. The van der Waals surface area contributed by atoms with Crippen molar-refractivity contribution < 1.29 is 0 Å². The first-order valence-electron chi connectivity index (χ1n) is 28.4. The van der Waals surface area contributed by atoms with Gasteiger partial charge in [0.1, 0.15) is 0 Å². The molecule has 85 heavy (non-hydrogen) atoms. The van der Waals surface area contributed by atoms with Crippen LogP contribution in [-0.4, -0.2) is 39.9 Å². The molecule has 16 rings (SSSR count). The fourth-order valence-corrected chi connectivity index (χ4v) is 12.8. The molecule has 0 atom stereocenters. The third kappa shape index (κ3) is 8.84. The van der Waals surface area contributed by atoms with Gasteiger partial charge in [-0.2, -0.15) is 0 Å². The van der Waals surface area contributed by atoms with Crippen molar-refractivity contribution in [3.8, 4) is 77.9 Å². The standard InChI is InChI=1S/C76H49BrN8/c77-75-65-43-41-59(83-65)70(48-23-11-3-12-24-48)57-36-39-63(81-57)74(64-40-37-58(82-64)71(49-25-13-4-14-26-49)60-42-44-66(75)84-60)52-45-67-72(50-27-15-5-16-28-50)61-34-33-55(79-61)68(46-19-7-1-8-20-46)53-31-32-54(78-53)69(47-21-9-2-10-22-47)56-35-38-62(80-56)73(76(52)85-67)51-29-17-6-18-30-51/h1-45,78,81,84-85H. The smallest absolute Gasteiger partial charge is 0.0801 e. The number of hydrogen-bond donors (Lipinski definition) is 4. The quantitative estimate of drug-likeness (QED) is 0.127. The topological polar surface area (TPSA) is 115 Å². The fraction of sp³-hybridized carbons (Fsp3) is 0. The van der Waals surface area contributed by atoms with Gasteiger partial charge in [-0.25, -0.2) is 19.9 Å². The highest BCUT2D eigenvalue weighted by Gasteiger charge is 2.25. The van der Waals surface area contributed by atoms with Crippen LogP contribution in [0.4, 0.5) is 0 Å². The second kappa shape index (κ2) is 20.8. The van der Waals surface area contributed by atoms with E-state index in [4.69, 9.17) is 19.9 Å². The van der Waals surface area contributed by atoms with Crippen LogP contribution in [0.25, 0.3) is 171 Å². The molecular formula is C76H49BrN8. The van der Waals surface area contributed by atoms with E-state index >= 15 is 0 Å². The van der Waals surface area contributed by atoms with Gasteiger partial charge in [0.2, 0.25) is 0 Å². The molecule has 0 amide bonds. The van der Waals surface area contributed by atoms with Crippen molar-refractivity contribution in [3.05, 3.63) is 274 Å². The lowest BCUT2D eigenvalue weighted by atomic mass is 9.97. The Labute approximate surface area is 497 Å². The minimum atomic E-state index is 0.777. The van der Waals surface area contributed by atoms with E-state index in [1.807, 2.05) is 0 Å². The Kier molecular flexibility index (Phi) is 12.2. The first-order valence-corrected chi connectivity index (χ1v) is 29.2. The highest BCUT2D eigenvalue weighted by molar-refractivity contribution is 9.10. The minimum Gasteiger partial charge on any atom is -0.354 e. The molecule has 0 fully saturated rings. The number of halogens is 1. The molecule has 4 aliphatic rings. The second-order valence-electron chi connectivity index (χ2n) is 21.3. The van der Waals surface area contributed by atoms with E-state index in [1.54, 1.807) is 0 Å². The third-order valence-electron chi connectivity index (χ3n) is 16.2. The lowest BCUT2D eigenvalue weighted by Gasteiger charge is -2.09. The van der Waals surface area contributed by atoms with Gasteiger partial charge in [0.15, 0.2) is 0 Å². The zero-order chi connectivity index (χ0) is 56.4. The van der Waals surface area contributed by atoms with Crippen molar-refractivity contribution in [3.63, 3.8) is 0 Å². The van der Waals surface area contributed by atoms with Gasteiger partial charge in [-0.15, -0.1) is 0 Å². The van der Waals surface area contributed by atoms with E-state index < -0.39 is 0 Å². The van der Waals surface area contributed by atoms with Crippen molar-refractivity contribution in [2.24, 2.45) is 0 Å². The average molecular weight is 1150 g/mol. The molecule has 4 aliphatic heterocycles. The van der Waals surface area contributed by atoms with Gasteiger partial charge in [0.25, 0.3) is 0 Å². The first-order chi connectivity index (χ1) is 42.0. The predicted molar refractivity (Wildman–Crippen MR) is 357 cm³/mol. The van der Waals surface area contributed by atoms with Crippen LogP contribution in [0.15, 0.2) is 229 Å². The molecular weight excluding hydrogens is 1100 g/mol. The molecule has 0 saturated carbocycles. The van der Waals surface area contributed by atoms with E-state index in [-0.39, 0.29) is 0 Å². The number of benzene rings is 6. The van der Waals surface area contributed by atoms with Crippen LogP contribution in [0.5, 0.6) is 0 Å². The number of fused-ring (bicyclic) bond motifs is 16. The van der Waals surface area contributed by atoms with Crippen LogP contribution < -0.4 is 0 Å². The maximum atomic E-state index is 5.76. The predicted octanol–water partition coefficient (Wildman–Crippen LogP) is 20.1. The number of hydrogen-bond acceptors (Lipinski definition) is 4. The average Bonchev–Trinajstić information content (AvgIpc) is 2.06. The Morgan fingerprint density at radius 2 is 0.471 bits per heavy atom. The molecule has 4 N–H and O–H groups in total. The van der Waals surface area contributed by atoms with Gasteiger partial charge in [-0.1, -0.05) is 182 Å². The molecule has 6 aromatic heterocycles. The van der Waals surface area contributed by atoms with Crippen LogP contribution in [-0.2, 0) is 0 Å². The summed E-state index contributed by atoms with van der Waals surface area (Å²) in [6, 6.07) is 78.6. The summed E-state index contributed by atoms with van der Waals surface area (Å²) in [6.45, 7) is 0. The van der Waals surface area contributed by atoms with Gasteiger partial charge in [0, 0.05) is 77.6 Å². The molecule has 0 aliphatic carbocycles. The molecule has 0 saturated heterocycles. The van der Waals surface area contributed by atoms with Crippen molar-refractivity contribution in [2.75, 3.05) is 0 Å². The second-order valence-corrected chi connectivity index (χ2v) is 22.1. The Hall–Kier alpha value is -11.0. The summed E-state index contributed by atoms with van der Waals surface area (Å²) in [4.78, 5) is 38.4. The van der Waals surface area contributed by atoms with Crippen LogP contribution in [0.2, 0.25) is 0 Å². The first kappa shape index (κ1) is 49.8. The third-order valence-corrected chi connectivity index (χ3v) is 17.0. The molecule has 0 unspecified atom stereocenters. The monoisotopic (exact) mass is 1150 g/mol. The zero-order valence-corrected chi connectivity index (χ0v) is 47.2. The highest BCUT2D eigenvalue weighted by atomic mass is 79.9. The molecule has 9 heteroatoms. The number of H-pyrrole nitrogens is 4. The van der Waals surface area contributed by atoms with Gasteiger partial charge in [0.05, 0.1) is 61.1 Å². The largest absolute Gasteiger partial charge is 0.354 e. The van der Waals surface area contributed by atoms with Crippen molar-refractivity contribution >= 4 is 109 Å². The van der Waals surface area contributed by atoms with Gasteiger partial charge >= 0.3 is 0 Å². The van der Waals surface area contributed by atoms with Crippen LogP contribution in [0.3, 0.4) is 0 Å². The van der Waals surface area contributed by atoms with E-state index in [9.17, 15) is 0 Å². The van der Waals surface area contributed by atoms with E-state index in [0.29, 0.717) is 0 Å². The summed E-state index contributed by atoms with van der Waals surface area (Å²) < 4.78 is 0.860. The van der Waals surface area contributed by atoms with Gasteiger partial charge < -0.3 is 19.9 Å². The molecule has 0 radical (unpaired) electrons. The van der Waals surface area contributed by atoms with E-state index in [2.05, 4.69) is 309 Å². The van der Waals surface area contributed by atoms with Crippen LogP contribution in [0, 0.1) is 0 Å². The van der Waals surface area contributed by atoms with Crippen molar-refractivity contribution in [2.45, 2.75) is 0 Å². The van der Waals surface area contributed by atoms with Gasteiger partial charge in [-0.05, 0) is 140 Å². The summed E-state index contributed by atoms with van der Waals surface area (Å²) in [5.41, 5.74) is 27.4. The summed E-state index contributed by atoms with van der Waals surface area (Å²) >= 11 is 3.98. The van der Waals surface area contributed by atoms with E-state index in [0.717, 1.165) is 172 Å². The van der Waals surface area contributed by atoms with Crippen LogP contribution >= 0.6 is 15.9 Å². The van der Waals surface area contributed by atoms with Crippen molar-refractivity contribution in [1.29, 1.82) is 0 Å². The fourth-order valence-electron chi connectivity index (χ4n) is 12.4. The molecule has 8 nitrogen and oxygen atoms in total. The lowest BCUT2D eigenvalue weighted by molar-refractivity contribution is 1.30. The molecule has 12 aromatic rings.